The Balaban J connectivity index is 1.53. The lowest BCUT2D eigenvalue weighted by Crippen LogP contribution is -2.33. The van der Waals surface area contributed by atoms with Gasteiger partial charge in [-0.2, -0.15) is 0 Å². The maximum Gasteiger partial charge on any atom is 0.243 e. The van der Waals surface area contributed by atoms with Crippen molar-refractivity contribution in [3.63, 3.8) is 0 Å². The summed E-state index contributed by atoms with van der Waals surface area (Å²) in [6.45, 7) is 3.70. The second kappa shape index (κ2) is 10.9. The molecule has 0 fully saturated rings. The van der Waals surface area contributed by atoms with E-state index in [0.29, 0.717) is 24.6 Å². The van der Waals surface area contributed by atoms with Crippen LogP contribution in [0.5, 0.6) is 5.75 Å². The van der Waals surface area contributed by atoms with Gasteiger partial charge in [0.25, 0.3) is 0 Å². The lowest BCUT2D eigenvalue weighted by Gasteiger charge is -2.22. The van der Waals surface area contributed by atoms with E-state index in [2.05, 4.69) is 29.6 Å². The van der Waals surface area contributed by atoms with E-state index in [1.807, 2.05) is 72.5 Å². The van der Waals surface area contributed by atoms with Crippen LogP contribution in [0.2, 0.25) is 0 Å². The van der Waals surface area contributed by atoms with E-state index in [1.165, 1.54) is 5.56 Å². The van der Waals surface area contributed by atoms with E-state index < -0.39 is 0 Å². The Labute approximate surface area is 173 Å². The van der Waals surface area contributed by atoms with E-state index in [0.717, 1.165) is 25.1 Å². The number of para-hydroxylation sites is 3. The average Bonchev–Trinajstić information content (AvgIpc) is 2.77. The Bertz CT molecular complexity index is 882. The summed E-state index contributed by atoms with van der Waals surface area (Å²) < 4.78 is 5.95. The Hall–Kier alpha value is -3.27. The number of hydrogen-bond acceptors (Lipinski definition) is 3. The van der Waals surface area contributed by atoms with Gasteiger partial charge in [-0.25, -0.2) is 0 Å². The van der Waals surface area contributed by atoms with Crippen LogP contribution in [0.3, 0.4) is 0 Å². The van der Waals surface area contributed by atoms with E-state index in [-0.39, 0.29) is 5.91 Å². The number of carbonyl (C=O) groups excluding carboxylic acids is 1. The van der Waals surface area contributed by atoms with Crippen molar-refractivity contribution in [3.8, 4) is 5.75 Å². The Morgan fingerprint density at radius 3 is 2.28 bits per heavy atom. The first-order valence-corrected chi connectivity index (χ1v) is 10.1. The van der Waals surface area contributed by atoms with Crippen molar-refractivity contribution >= 4 is 17.3 Å². The van der Waals surface area contributed by atoms with E-state index >= 15 is 0 Å². The molecule has 4 nitrogen and oxygen atoms in total. The van der Waals surface area contributed by atoms with Gasteiger partial charge in [-0.15, -0.1) is 0 Å². The van der Waals surface area contributed by atoms with Crippen LogP contribution in [0.4, 0.5) is 11.4 Å². The fourth-order valence-corrected chi connectivity index (χ4v) is 3.19. The normalized spacial score (nSPS) is 10.4. The molecule has 0 saturated carbocycles. The molecule has 0 aliphatic heterocycles. The highest BCUT2D eigenvalue weighted by Gasteiger charge is 2.12. The first-order valence-electron chi connectivity index (χ1n) is 10.1. The zero-order valence-electron chi connectivity index (χ0n) is 16.9. The molecule has 3 aromatic rings. The maximum atomic E-state index is 12.6. The van der Waals surface area contributed by atoms with Crippen molar-refractivity contribution in [2.24, 2.45) is 0 Å². The van der Waals surface area contributed by atoms with Crippen LogP contribution >= 0.6 is 0 Å². The van der Waals surface area contributed by atoms with Crippen molar-refractivity contribution in [1.82, 2.24) is 0 Å². The monoisotopic (exact) mass is 388 g/mol. The van der Waals surface area contributed by atoms with Crippen molar-refractivity contribution in [2.75, 3.05) is 29.9 Å². The molecular weight excluding hydrogens is 360 g/mol. The minimum Gasteiger partial charge on any atom is -0.491 e. The minimum absolute atomic E-state index is 0.0592. The number of amides is 1. The molecule has 29 heavy (non-hydrogen) atoms. The molecule has 4 heteroatoms. The molecule has 0 aliphatic carbocycles. The van der Waals surface area contributed by atoms with Crippen LogP contribution in [-0.2, 0) is 11.2 Å². The van der Waals surface area contributed by atoms with Gasteiger partial charge < -0.3 is 15.0 Å². The fraction of sp³-hybridized carbons (Fsp3) is 0.240. The second-order valence-electron chi connectivity index (χ2n) is 6.83. The number of hydrogen-bond donors (Lipinski definition) is 1. The first kappa shape index (κ1) is 20.5. The predicted octanol–water partition coefficient (Wildman–Crippen LogP) is 5.16. The van der Waals surface area contributed by atoms with E-state index in [9.17, 15) is 4.79 Å². The highest BCUT2D eigenvalue weighted by atomic mass is 16.5. The topological polar surface area (TPSA) is 41.6 Å². The SMILES string of the molecule is CCN(CC(=O)Nc1ccccc1OCCCc1ccccc1)c1ccccc1. The standard InChI is InChI=1S/C25H28N2O2/c1-2-27(22-15-7-4-8-16-22)20-25(28)26-23-17-9-10-18-24(23)29-19-11-14-21-12-5-3-6-13-21/h3-10,12-13,15-18H,2,11,14,19-20H2,1H3,(H,26,28). The highest BCUT2D eigenvalue weighted by molar-refractivity contribution is 5.95. The molecule has 3 aromatic carbocycles. The molecule has 150 valence electrons. The summed E-state index contributed by atoms with van der Waals surface area (Å²) in [6, 6.07) is 27.9. The zero-order valence-corrected chi connectivity index (χ0v) is 16.9. The number of aryl methyl sites for hydroxylation is 1. The quantitative estimate of drug-likeness (QED) is 0.488. The summed E-state index contributed by atoms with van der Waals surface area (Å²) in [5.74, 6) is 0.646. The number of anilines is 2. The van der Waals surface area contributed by atoms with E-state index in [1.54, 1.807) is 0 Å². The van der Waals surface area contributed by atoms with E-state index in [4.69, 9.17) is 4.74 Å². The molecule has 0 aromatic heterocycles. The average molecular weight is 389 g/mol. The number of benzene rings is 3. The van der Waals surface area contributed by atoms with Crippen LogP contribution in [0.15, 0.2) is 84.9 Å². The molecule has 1 amide bonds. The van der Waals surface area contributed by atoms with Gasteiger partial charge in [0.1, 0.15) is 5.75 Å². The number of carbonyl (C=O) groups is 1. The van der Waals surface area contributed by atoms with Gasteiger partial charge in [0.2, 0.25) is 5.91 Å². The Kier molecular flexibility index (Phi) is 7.70. The van der Waals surface area contributed by atoms with Crippen LogP contribution in [0.1, 0.15) is 18.9 Å². The second-order valence-corrected chi connectivity index (χ2v) is 6.83. The first-order chi connectivity index (χ1) is 14.3. The van der Waals surface area contributed by atoms with Crippen molar-refractivity contribution in [2.45, 2.75) is 19.8 Å². The summed E-state index contributed by atoms with van der Waals surface area (Å²) in [4.78, 5) is 14.7. The number of likely N-dealkylation sites (N-methyl/N-ethyl adjacent to an activating group) is 1. The van der Waals surface area contributed by atoms with Gasteiger partial charge in [0.05, 0.1) is 18.8 Å². The molecule has 0 radical (unpaired) electrons. The van der Waals surface area contributed by atoms with Crippen molar-refractivity contribution in [3.05, 3.63) is 90.5 Å². The Morgan fingerprint density at radius 1 is 0.897 bits per heavy atom. The summed E-state index contributed by atoms with van der Waals surface area (Å²) in [7, 11) is 0. The van der Waals surface area contributed by atoms with Gasteiger partial charge in [-0.3, -0.25) is 4.79 Å². The molecular formula is C25H28N2O2. The van der Waals surface area contributed by atoms with Crippen molar-refractivity contribution in [1.29, 1.82) is 0 Å². The third-order valence-electron chi connectivity index (χ3n) is 4.71. The molecule has 0 bridgehead atoms. The number of nitrogens with zero attached hydrogens (tertiary/aromatic N) is 1. The lowest BCUT2D eigenvalue weighted by atomic mass is 10.1. The van der Waals surface area contributed by atoms with Crippen LogP contribution < -0.4 is 15.0 Å². The fourth-order valence-electron chi connectivity index (χ4n) is 3.19. The summed E-state index contributed by atoms with van der Waals surface area (Å²) in [6.07, 6.45) is 1.89. The summed E-state index contributed by atoms with van der Waals surface area (Å²) >= 11 is 0. The molecule has 3 rings (SSSR count). The van der Waals surface area contributed by atoms with Crippen LogP contribution in [0, 0.1) is 0 Å². The molecule has 0 saturated heterocycles. The number of rotatable bonds is 10. The van der Waals surface area contributed by atoms with Crippen LogP contribution in [0.25, 0.3) is 0 Å². The largest absolute Gasteiger partial charge is 0.491 e. The molecule has 1 N–H and O–H groups in total. The smallest absolute Gasteiger partial charge is 0.243 e. The molecule has 0 aliphatic rings. The third-order valence-corrected chi connectivity index (χ3v) is 4.71. The van der Waals surface area contributed by atoms with Gasteiger partial charge in [0, 0.05) is 12.2 Å². The van der Waals surface area contributed by atoms with Crippen molar-refractivity contribution < 1.29 is 9.53 Å². The zero-order chi connectivity index (χ0) is 20.3. The molecule has 0 spiro atoms. The molecule has 0 heterocycles. The van der Waals surface area contributed by atoms with Gasteiger partial charge in [-0.1, -0.05) is 60.7 Å². The summed E-state index contributed by atoms with van der Waals surface area (Å²) in [5.41, 5.74) is 3.05. The van der Waals surface area contributed by atoms with Gasteiger partial charge in [0.15, 0.2) is 0 Å². The van der Waals surface area contributed by atoms with Crippen LogP contribution in [-0.4, -0.2) is 25.6 Å². The molecule has 0 unspecified atom stereocenters. The van der Waals surface area contributed by atoms with Gasteiger partial charge in [-0.05, 0) is 49.6 Å². The minimum atomic E-state index is -0.0592. The lowest BCUT2D eigenvalue weighted by molar-refractivity contribution is -0.115. The number of nitrogens with one attached hydrogen (secondary N) is 1. The summed E-state index contributed by atoms with van der Waals surface area (Å²) in [5, 5.41) is 3.00. The Morgan fingerprint density at radius 2 is 1.55 bits per heavy atom. The maximum absolute atomic E-state index is 12.6. The number of ether oxygens (including phenoxy) is 1. The van der Waals surface area contributed by atoms with Gasteiger partial charge >= 0.3 is 0 Å². The third kappa shape index (κ3) is 6.39. The highest BCUT2D eigenvalue weighted by Crippen LogP contribution is 2.24. The molecule has 0 atom stereocenters. The predicted molar refractivity (Wildman–Crippen MR) is 120 cm³/mol.